The fraction of sp³-hybridized carbons (Fsp3) is 0.280. The molecule has 2 aromatic carbocycles. The van der Waals surface area contributed by atoms with E-state index in [2.05, 4.69) is 22.0 Å². The lowest BCUT2D eigenvalue weighted by Crippen LogP contribution is -2.34. The summed E-state index contributed by atoms with van der Waals surface area (Å²) in [5.41, 5.74) is 2.05. The van der Waals surface area contributed by atoms with Gasteiger partial charge < -0.3 is 14.2 Å². The second-order valence-corrected chi connectivity index (χ2v) is 9.32. The van der Waals surface area contributed by atoms with Gasteiger partial charge in [0.15, 0.2) is 11.5 Å². The van der Waals surface area contributed by atoms with Crippen LogP contribution in [0, 0.1) is 11.3 Å². The van der Waals surface area contributed by atoms with E-state index in [0.29, 0.717) is 27.1 Å². The average molecular weight is 559 g/mol. The number of esters is 1. The van der Waals surface area contributed by atoms with Crippen LogP contribution in [0.5, 0.6) is 11.5 Å². The highest BCUT2D eigenvalue weighted by molar-refractivity contribution is 9.10. The number of hydrogen-bond donors (Lipinski definition) is 0. The Balaban J connectivity index is 1.72. The van der Waals surface area contributed by atoms with E-state index in [1.165, 1.54) is 7.11 Å². The molecule has 182 valence electrons. The number of benzene rings is 2. The van der Waals surface area contributed by atoms with Gasteiger partial charge in [0.05, 0.1) is 34.7 Å². The Hall–Kier alpha value is -3.29. The molecular formula is C25H23BrN2O6S. The monoisotopic (exact) mass is 558 g/mol. The summed E-state index contributed by atoms with van der Waals surface area (Å²) in [6.45, 7) is 2.07. The third-order valence-corrected chi connectivity index (χ3v) is 6.43. The second-order valence-electron chi connectivity index (χ2n) is 7.47. The molecule has 1 heterocycles. The van der Waals surface area contributed by atoms with Crippen LogP contribution >= 0.6 is 27.7 Å². The number of carbonyl (C=O) groups is 3. The molecule has 1 saturated heterocycles. The Morgan fingerprint density at radius 3 is 2.63 bits per heavy atom. The number of amides is 2. The summed E-state index contributed by atoms with van der Waals surface area (Å²) in [7, 11) is 1.50. The first-order valence-electron chi connectivity index (χ1n) is 10.8. The number of thioether (sulfide) groups is 1. The molecule has 0 atom stereocenters. The van der Waals surface area contributed by atoms with Crippen LogP contribution in [0.3, 0.4) is 0 Å². The zero-order valence-electron chi connectivity index (χ0n) is 19.2. The van der Waals surface area contributed by atoms with E-state index in [0.717, 1.165) is 35.1 Å². The number of rotatable bonds is 10. The number of hydrogen-bond acceptors (Lipinski definition) is 8. The van der Waals surface area contributed by atoms with Crippen molar-refractivity contribution in [2.24, 2.45) is 0 Å². The summed E-state index contributed by atoms with van der Waals surface area (Å²) in [6.07, 6.45) is 3.15. The summed E-state index contributed by atoms with van der Waals surface area (Å²) < 4.78 is 17.0. The number of ether oxygens (including phenoxy) is 3. The minimum absolute atomic E-state index is 0.191. The molecule has 1 aliphatic heterocycles. The molecule has 0 radical (unpaired) electrons. The lowest BCUT2D eigenvalue weighted by molar-refractivity contribution is -0.146. The van der Waals surface area contributed by atoms with Crippen LogP contribution in [-0.2, 0) is 20.9 Å². The maximum atomic E-state index is 12.7. The van der Waals surface area contributed by atoms with Gasteiger partial charge in [-0.2, -0.15) is 5.26 Å². The summed E-state index contributed by atoms with van der Waals surface area (Å²) >= 11 is 4.24. The van der Waals surface area contributed by atoms with Crippen molar-refractivity contribution in [1.29, 1.82) is 5.26 Å². The molecule has 2 amide bonds. The molecule has 1 fully saturated rings. The molecule has 2 aromatic rings. The van der Waals surface area contributed by atoms with Gasteiger partial charge in [0.2, 0.25) is 0 Å². The fourth-order valence-corrected chi connectivity index (χ4v) is 4.50. The zero-order chi connectivity index (χ0) is 25.4. The van der Waals surface area contributed by atoms with E-state index in [9.17, 15) is 14.4 Å². The van der Waals surface area contributed by atoms with Crippen LogP contribution in [0.2, 0.25) is 0 Å². The van der Waals surface area contributed by atoms with E-state index in [-0.39, 0.29) is 18.1 Å². The van der Waals surface area contributed by atoms with Crippen LogP contribution in [0.15, 0.2) is 45.8 Å². The molecule has 0 spiro atoms. The number of nitrogens with zero attached hydrogens (tertiary/aromatic N) is 2. The van der Waals surface area contributed by atoms with Crippen LogP contribution in [0.1, 0.15) is 36.5 Å². The molecular weight excluding hydrogens is 536 g/mol. The van der Waals surface area contributed by atoms with Gasteiger partial charge in [-0.1, -0.05) is 25.5 Å². The highest BCUT2D eigenvalue weighted by Crippen LogP contribution is 2.39. The van der Waals surface area contributed by atoms with Crippen LogP contribution in [-0.4, -0.2) is 42.3 Å². The molecule has 0 saturated carbocycles. The molecule has 3 rings (SSSR count). The van der Waals surface area contributed by atoms with Crippen LogP contribution in [0.25, 0.3) is 6.08 Å². The third kappa shape index (κ3) is 6.87. The Kier molecular flexibility index (Phi) is 9.34. The quantitative estimate of drug-likeness (QED) is 0.220. The normalized spacial score (nSPS) is 14.2. The highest BCUT2D eigenvalue weighted by atomic mass is 79.9. The molecule has 0 aliphatic carbocycles. The number of methoxy groups -OCH3 is 1. The zero-order valence-corrected chi connectivity index (χ0v) is 21.6. The van der Waals surface area contributed by atoms with Gasteiger partial charge in [-0.15, -0.1) is 0 Å². The predicted molar refractivity (Wildman–Crippen MR) is 135 cm³/mol. The first-order chi connectivity index (χ1) is 16.9. The molecule has 0 bridgehead atoms. The predicted octanol–water partition coefficient (Wildman–Crippen LogP) is 5.29. The molecule has 35 heavy (non-hydrogen) atoms. The Labute approximate surface area is 216 Å². The van der Waals surface area contributed by atoms with Gasteiger partial charge in [0.1, 0.15) is 13.2 Å². The van der Waals surface area contributed by atoms with Gasteiger partial charge in [-0.3, -0.25) is 19.3 Å². The molecule has 0 N–H and O–H groups in total. The molecule has 1 aliphatic rings. The third-order valence-electron chi connectivity index (χ3n) is 4.94. The van der Waals surface area contributed by atoms with Crippen molar-refractivity contribution in [3.63, 3.8) is 0 Å². The number of unbranched alkanes of at least 4 members (excludes halogenated alkanes) is 1. The largest absolute Gasteiger partial charge is 0.493 e. The van der Waals surface area contributed by atoms with Gasteiger partial charge >= 0.3 is 5.97 Å². The van der Waals surface area contributed by atoms with Crippen molar-refractivity contribution in [2.75, 3.05) is 20.3 Å². The van der Waals surface area contributed by atoms with Gasteiger partial charge in [-0.05, 0) is 75.6 Å². The summed E-state index contributed by atoms with van der Waals surface area (Å²) in [5, 5.41) is 8.39. The number of nitriles is 1. The maximum Gasteiger partial charge on any atom is 0.326 e. The number of imide groups is 1. The molecule has 8 nitrogen and oxygen atoms in total. The minimum Gasteiger partial charge on any atom is -0.493 e. The van der Waals surface area contributed by atoms with E-state index in [1.54, 1.807) is 30.3 Å². The van der Waals surface area contributed by atoms with E-state index in [4.69, 9.17) is 19.5 Å². The Bertz CT molecular complexity index is 1190. The first kappa shape index (κ1) is 26.3. The SMILES string of the molecule is CCCCOC(=O)CN1C(=O)S/C(=C/c2cc(Br)c(OCc3ccc(C#N)cc3)c(OC)c2)C1=O. The molecule has 0 unspecified atom stereocenters. The molecule has 10 heteroatoms. The fourth-order valence-electron chi connectivity index (χ4n) is 3.09. The van der Waals surface area contributed by atoms with Crippen molar-refractivity contribution in [2.45, 2.75) is 26.4 Å². The lowest BCUT2D eigenvalue weighted by atomic mass is 10.1. The summed E-state index contributed by atoms with van der Waals surface area (Å²) in [4.78, 5) is 38.0. The van der Waals surface area contributed by atoms with Gasteiger partial charge in [-0.25, -0.2) is 0 Å². The van der Waals surface area contributed by atoms with Crippen molar-refractivity contribution < 1.29 is 28.6 Å². The summed E-state index contributed by atoms with van der Waals surface area (Å²) in [5.74, 6) is -0.270. The number of carbonyl (C=O) groups excluding carboxylic acids is 3. The standard InChI is InChI=1S/C25H23BrN2O6S/c1-3-4-9-33-22(29)14-28-24(30)21(35-25(28)31)12-18-10-19(26)23(20(11-18)32-2)34-15-17-7-5-16(13-27)6-8-17/h5-8,10-12H,3-4,9,14-15H2,1-2H3/b21-12+. The van der Waals surface area contributed by atoms with Crippen LogP contribution in [0.4, 0.5) is 4.79 Å². The topological polar surface area (TPSA) is 106 Å². The van der Waals surface area contributed by atoms with Crippen molar-refractivity contribution in [1.82, 2.24) is 4.90 Å². The Morgan fingerprint density at radius 1 is 1.23 bits per heavy atom. The average Bonchev–Trinajstić information content (AvgIpc) is 3.10. The van der Waals surface area contributed by atoms with E-state index < -0.39 is 23.7 Å². The first-order valence-corrected chi connectivity index (χ1v) is 12.4. The molecule has 0 aromatic heterocycles. The second kappa shape index (κ2) is 12.4. The smallest absolute Gasteiger partial charge is 0.326 e. The van der Waals surface area contributed by atoms with Gasteiger partial charge in [0.25, 0.3) is 11.1 Å². The maximum absolute atomic E-state index is 12.7. The lowest BCUT2D eigenvalue weighted by Gasteiger charge is -2.14. The summed E-state index contributed by atoms with van der Waals surface area (Å²) in [6, 6.07) is 12.5. The van der Waals surface area contributed by atoms with E-state index >= 15 is 0 Å². The number of halogens is 1. The van der Waals surface area contributed by atoms with Gasteiger partial charge in [0, 0.05) is 0 Å². The van der Waals surface area contributed by atoms with Crippen LogP contribution < -0.4 is 9.47 Å². The minimum atomic E-state index is -0.616. The van der Waals surface area contributed by atoms with Crippen molar-refractivity contribution in [3.8, 4) is 17.6 Å². The van der Waals surface area contributed by atoms with Crippen molar-refractivity contribution in [3.05, 3.63) is 62.5 Å². The highest BCUT2D eigenvalue weighted by Gasteiger charge is 2.36. The van der Waals surface area contributed by atoms with E-state index in [1.807, 2.05) is 19.1 Å². The Morgan fingerprint density at radius 2 is 1.97 bits per heavy atom. The van der Waals surface area contributed by atoms with Crippen molar-refractivity contribution >= 4 is 50.9 Å².